The summed E-state index contributed by atoms with van der Waals surface area (Å²) in [6.07, 6.45) is 2.49. The molecule has 1 aromatic rings. The van der Waals surface area contributed by atoms with Gasteiger partial charge in [-0.3, -0.25) is 4.90 Å². The molecule has 1 aliphatic carbocycles. The number of phenols is 1. The zero-order chi connectivity index (χ0) is 13.1. The van der Waals surface area contributed by atoms with Crippen molar-refractivity contribution in [3.63, 3.8) is 0 Å². The third kappa shape index (κ3) is 3.03. The molecule has 100 valence electrons. The van der Waals surface area contributed by atoms with Gasteiger partial charge in [-0.2, -0.15) is 0 Å². The average molecular weight is 249 g/mol. The highest BCUT2D eigenvalue weighted by Crippen LogP contribution is 2.36. The van der Waals surface area contributed by atoms with Crippen molar-refractivity contribution in [3.8, 4) is 5.75 Å². The maximum atomic E-state index is 9.49. The summed E-state index contributed by atoms with van der Waals surface area (Å²) in [6.45, 7) is 5.85. The molecule has 0 heterocycles. The predicted molar refractivity (Wildman–Crippen MR) is 72.9 cm³/mol. The number of nitrogens with zero attached hydrogens (tertiary/aromatic N) is 1. The lowest BCUT2D eigenvalue weighted by Crippen LogP contribution is -2.27. The van der Waals surface area contributed by atoms with E-state index in [4.69, 9.17) is 4.74 Å². The van der Waals surface area contributed by atoms with Crippen molar-refractivity contribution in [2.24, 2.45) is 0 Å². The van der Waals surface area contributed by atoms with E-state index in [1.807, 2.05) is 6.07 Å². The summed E-state index contributed by atoms with van der Waals surface area (Å²) >= 11 is 0. The van der Waals surface area contributed by atoms with Crippen molar-refractivity contribution in [2.45, 2.75) is 38.8 Å². The SMILES string of the molecule is CC(C)OCCN(C)C1CCc2cc(O)ccc21. The Morgan fingerprint density at radius 1 is 1.44 bits per heavy atom. The van der Waals surface area contributed by atoms with E-state index in [0.717, 1.165) is 26.0 Å². The van der Waals surface area contributed by atoms with E-state index in [1.165, 1.54) is 11.1 Å². The van der Waals surface area contributed by atoms with Crippen molar-refractivity contribution >= 4 is 0 Å². The number of hydrogen-bond donors (Lipinski definition) is 1. The minimum absolute atomic E-state index is 0.297. The second kappa shape index (κ2) is 5.72. The van der Waals surface area contributed by atoms with Crippen LogP contribution in [0, 0.1) is 0 Å². The Labute approximate surface area is 109 Å². The first-order valence-corrected chi connectivity index (χ1v) is 6.71. The number of phenolic OH excluding ortho intramolecular Hbond substituents is 1. The Morgan fingerprint density at radius 3 is 2.94 bits per heavy atom. The first kappa shape index (κ1) is 13.4. The third-order valence-corrected chi connectivity index (χ3v) is 3.60. The van der Waals surface area contributed by atoms with Crippen molar-refractivity contribution in [3.05, 3.63) is 29.3 Å². The molecule has 0 saturated heterocycles. The molecule has 0 fully saturated rings. The monoisotopic (exact) mass is 249 g/mol. The first-order chi connectivity index (χ1) is 8.58. The molecule has 0 amide bonds. The van der Waals surface area contributed by atoms with Gasteiger partial charge < -0.3 is 9.84 Å². The molecule has 0 bridgehead atoms. The van der Waals surface area contributed by atoms with Gasteiger partial charge in [0.25, 0.3) is 0 Å². The Hall–Kier alpha value is -1.06. The zero-order valence-corrected chi connectivity index (χ0v) is 11.5. The van der Waals surface area contributed by atoms with Gasteiger partial charge in [-0.25, -0.2) is 0 Å². The molecule has 18 heavy (non-hydrogen) atoms. The van der Waals surface area contributed by atoms with E-state index < -0.39 is 0 Å². The Kier molecular flexibility index (Phi) is 4.25. The van der Waals surface area contributed by atoms with E-state index in [-0.39, 0.29) is 0 Å². The van der Waals surface area contributed by atoms with Gasteiger partial charge in [0.15, 0.2) is 0 Å². The Balaban J connectivity index is 1.95. The highest BCUT2D eigenvalue weighted by atomic mass is 16.5. The molecule has 1 atom stereocenters. The van der Waals surface area contributed by atoms with Crippen LogP contribution in [0.5, 0.6) is 5.75 Å². The fourth-order valence-electron chi connectivity index (χ4n) is 2.63. The molecule has 1 unspecified atom stereocenters. The van der Waals surface area contributed by atoms with Crippen LogP contribution >= 0.6 is 0 Å². The number of benzene rings is 1. The summed E-state index contributed by atoms with van der Waals surface area (Å²) < 4.78 is 5.60. The number of rotatable bonds is 5. The van der Waals surface area contributed by atoms with E-state index in [1.54, 1.807) is 6.07 Å². The van der Waals surface area contributed by atoms with Gasteiger partial charge in [-0.1, -0.05) is 6.07 Å². The van der Waals surface area contributed by atoms with Gasteiger partial charge in [-0.05, 0) is 57.0 Å². The van der Waals surface area contributed by atoms with Crippen molar-refractivity contribution < 1.29 is 9.84 Å². The summed E-state index contributed by atoms with van der Waals surface area (Å²) in [7, 11) is 2.15. The quantitative estimate of drug-likeness (QED) is 0.871. The van der Waals surface area contributed by atoms with Crippen LogP contribution in [-0.2, 0) is 11.2 Å². The third-order valence-electron chi connectivity index (χ3n) is 3.60. The van der Waals surface area contributed by atoms with Crippen LogP contribution in [0.4, 0.5) is 0 Å². The number of aromatic hydroxyl groups is 1. The van der Waals surface area contributed by atoms with Crippen LogP contribution in [-0.4, -0.2) is 36.3 Å². The van der Waals surface area contributed by atoms with Gasteiger partial charge in [0.05, 0.1) is 12.7 Å². The van der Waals surface area contributed by atoms with Crippen molar-refractivity contribution in [1.82, 2.24) is 4.90 Å². The van der Waals surface area contributed by atoms with Crippen molar-refractivity contribution in [2.75, 3.05) is 20.2 Å². The highest BCUT2D eigenvalue weighted by Gasteiger charge is 2.25. The van der Waals surface area contributed by atoms with E-state index in [2.05, 4.69) is 31.9 Å². The molecular weight excluding hydrogens is 226 g/mol. The first-order valence-electron chi connectivity index (χ1n) is 6.71. The number of hydrogen-bond acceptors (Lipinski definition) is 3. The van der Waals surface area contributed by atoms with E-state index >= 15 is 0 Å². The van der Waals surface area contributed by atoms with Crippen LogP contribution in [0.1, 0.15) is 37.4 Å². The summed E-state index contributed by atoms with van der Waals surface area (Å²) in [5, 5.41) is 9.49. The standard InChI is InChI=1S/C15H23NO2/c1-11(2)18-9-8-16(3)15-7-4-12-10-13(17)5-6-14(12)15/h5-6,10-11,15,17H,4,7-9H2,1-3H3. The highest BCUT2D eigenvalue weighted by molar-refractivity contribution is 5.40. The van der Waals surface area contributed by atoms with Crippen molar-refractivity contribution in [1.29, 1.82) is 0 Å². The second-order valence-electron chi connectivity index (χ2n) is 5.34. The number of fused-ring (bicyclic) bond motifs is 1. The lowest BCUT2D eigenvalue weighted by Gasteiger charge is -2.25. The Bertz CT molecular complexity index is 403. The summed E-state index contributed by atoms with van der Waals surface area (Å²) in [5.74, 6) is 0.375. The lowest BCUT2D eigenvalue weighted by molar-refractivity contribution is 0.0558. The molecule has 3 nitrogen and oxygen atoms in total. The topological polar surface area (TPSA) is 32.7 Å². The normalized spacial score (nSPS) is 18.6. The largest absolute Gasteiger partial charge is 0.508 e. The van der Waals surface area contributed by atoms with Gasteiger partial charge in [0, 0.05) is 12.6 Å². The zero-order valence-electron chi connectivity index (χ0n) is 11.5. The second-order valence-corrected chi connectivity index (χ2v) is 5.34. The Morgan fingerprint density at radius 2 is 2.22 bits per heavy atom. The van der Waals surface area contributed by atoms with E-state index in [9.17, 15) is 5.11 Å². The molecule has 1 aliphatic rings. The number of aryl methyl sites for hydroxylation is 1. The maximum absolute atomic E-state index is 9.49. The number of ether oxygens (including phenoxy) is 1. The fourth-order valence-corrected chi connectivity index (χ4v) is 2.63. The van der Waals surface area contributed by atoms with Crippen LogP contribution in [0.3, 0.4) is 0 Å². The molecule has 3 heteroatoms. The van der Waals surface area contributed by atoms with E-state index in [0.29, 0.717) is 17.9 Å². The molecule has 2 rings (SSSR count). The molecule has 0 saturated carbocycles. The summed E-state index contributed by atoms with van der Waals surface area (Å²) in [6, 6.07) is 6.21. The molecule has 0 aliphatic heterocycles. The van der Waals surface area contributed by atoms with Crippen LogP contribution < -0.4 is 0 Å². The van der Waals surface area contributed by atoms with Crippen LogP contribution in [0.15, 0.2) is 18.2 Å². The summed E-state index contributed by atoms with van der Waals surface area (Å²) in [5.41, 5.74) is 2.65. The molecule has 1 aromatic carbocycles. The minimum Gasteiger partial charge on any atom is -0.508 e. The predicted octanol–water partition coefficient (Wildman–Crippen LogP) is 2.74. The van der Waals surface area contributed by atoms with Gasteiger partial charge in [-0.15, -0.1) is 0 Å². The molecular formula is C15H23NO2. The summed E-state index contributed by atoms with van der Waals surface area (Å²) in [4.78, 5) is 2.35. The van der Waals surface area contributed by atoms with Gasteiger partial charge in [0.2, 0.25) is 0 Å². The lowest BCUT2D eigenvalue weighted by atomic mass is 10.1. The maximum Gasteiger partial charge on any atom is 0.115 e. The molecule has 0 radical (unpaired) electrons. The number of likely N-dealkylation sites (N-methyl/N-ethyl adjacent to an activating group) is 1. The van der Waals surface area contributed by atoms with Gasteiger partial charge >= 0.3 is 0 Å². The average Bonchev–Trinajstić information content (AvgIpc) is 2.71. The minimum atomic E-state index is 0.297. The van der Waals surface area contributed by atoms with Gasteiger partial charge in [0.1, 0.15) is 5.75 Å². The van der Waals surface area contributed by atoms with Crippen LogP contribution in [0.25, 0.3) is 0 Å². The molecule has 1 N–H and O–H groups in total. The fraction of sp³-hybridized carbons (Fsp3) is 0.600. The smallest absolute Gasteiger partial charge is 0.115 e. The van der Waals surface area contributed by atoms with Crippen LogP contribution in [0.2, 0.25) is 0 Å². The molecule has 0 aromatic heterocycles. The molecule has 0 spiro atoms.